The number of likely N-dealkylation sites (tertiary alicyclic amines) is 1. The Kier molecular flexibility index (Phi) is 5.86. The van der Waals surface area contributed by atoms with E-state index in [1.165, 1.54) is 29.6 Å². The lowest BCUT2D eigenvalue weighted by Crippen LogP contribution is -2.30. The van der Waals surface area contributed by atoms with Gasteiger partial charge in [0.05, 0.1) is 28.3 Å². The third kappa shape index (κ3) is 3.95. The number of benzene rings is 2. The molecule has 1 unspecified atom stereocenters. The quantitative estimate of drug-likeness (QED) is 0.737. The van der Waals surface area contributed by atoms with Crippen molar-refractivity contribution in [2.24, 2.45) is 5.92 Å². The minimum atomic E-state index is -3.86. The van der Waals surface area contributed by atoms with Crippen molar-refractivity contribution >= 4 is 33.2 Å². The van der Waals surface area contributed by atoms with E-state index in [-0.39, 0.29) is 21.4 Å². The molecule has 8 heteroatoms. The highest BCUT2D eigenvalue weighted by molar-refractivity contribution is 7.92. The van der Waals surface area contributed by atoms with Crippen molar-refractivity contribution in [3.8, 4) is 5.75 Å². The number of rotatable bonds is 5. The molecule has 0 aliphatic carbocycles. The number of sulfonamides is 1. The Labute approximate surface area is 170 Å². The molecule has 0 radical (unpaired) electrons. The molecule has 3 rings (SSSR count). The molecule has 1 fully saturated rings. The lowest BCUT2D eigenvalue weighted by atomic mass is 10.2. The summed E-state index contributed by atoms with van der Waals surface area (Å²) in [6.45, 7) is 3.39. The second kappa shape index (κ2) is 8.01. The van der Waals surface area contributed by atoms with Crippen LogP contribution in [-0.4, -0.2) is 46.5 Å². The molecule has 1 aliphatic rings. The molecule has 0 saturated carbocycles. The molecule has 0 N–H and O–H groups in total. The molecule has 28 heavy (non-hydrogen) atoms. The van der Waals surface area contributed by atoms with Crippen molar-refractivity contribution in [1.29, 1.82) is 0 Å². The molecule has 0 aromatic heterocycles. The van der Waals surface area contributed by atoms with E-state index >= 15 is 0 Å². The van der Waals surface area contributed by atoms with Gasteiger partial charge >= 0.3 is 0 Å². The standard InChI is InChI=1S/C20H23ClN2O4S/c1-14-10-11-23(13-14)20(24)18-12-17(8-9-19(18)21)28(25,26)22(2)15-4-6-16(27-3)7-5-15/h4-9,12,14H,10-11,13H2,1-3H3. The third-order valence-corrected chi connectivity index (χ3v) is 7.08. The van der Waals surface area contributed by atoms with Crippen LogP contribution in [0.3, 0.4) is 0 Å². The Morgan fingerprint density at radius 3 is 2.46 bits per heavy atom. The first-order chi connectivity index (χ1) is 13.2. The molecule has 1 amide bonds. The normalized spacial score (nSPS) is 16.9. The average Bonchev–Trinajstić information content (AvgIpc) is 3.13. The van der Waals surface area contributed by atoms with Gasteiger partial charge in [0, 0.05) is 20.1 Å². The lowest BCUT2D eigenvalue weighted by molar-refractivity contribution is 0.0788. The highest BCUT2D eigenvalue weighted by atomic mass is 35.5. The zero-order chi connectivity index (χ0) is 20.5. The summed E-state index contributed by atoms with van der Waals surface area (Å²) in [7, 11) is -0.843. The van der Waals surface area contributed by atoms with Gasteiger partial charge in [-0.2, -0.15) is 0 Å². The number of hydrogen-bond acceptors (Lipinski definition) is 4. The van der Waals surface area contributed by atoms with E-state index in [4.69, 9.17) is 16.3 Å². The van der Waals surface area contributed by atoms with Crippen LogP contribution in [0, 0.1) is 5.92 Å². The Morgan fingerprint density at radius 2 is 1.89 bits per heavy atom. The van der Waals surface area contributed by atoms with Gasteiger partial charge in [0.2, 0.25) is 0 Å². The number of carbonyl (C=O) groups excluding carboxylic acids is 1. The Hall–Kier alpha value is -2.25. The van der Waals surface area contributed by atoms with Gasteiger partial charge in [-0.05, 0) is 54.8 Å². The molecule has 0 spiro atoms. The zero-order valence-corrected chi connectivity index (χ0v) is 17.6. The summed E-state index contributed by atoms with van der Waals surface area (Å²) in [4.78, 5) is 14.6. The molecule has 1 saturated heterocycles. The molecular weight excluding hydrogens is 400 g/mol. The van der Waals surface area contributed by atoms with Gasteiger partial charge in [0.25, 0.3) is 15.9 Å². The van der Waals surface area contributed by atoms with Crippen molar-refractivity contribution in [3.05, 3.63) is 53.1 Å². The third-order valence-electron chi connectivity index (χ3n) is 4.97. The highest BCUT2D eigenvalue weighted by Crippen LogP contribution is 2.28. The summed E-state index contributed by atoms with van der Waals surface area (Å²) in [5, 5.41) is 0.246. The smallest absolute Gasteiger partial charge is 0.264 e. The summed E-state index contributed by atoms with van der Waals surface area (Å²) >= 11 is 6.22. The second-order valence-corrected chi connectivity index (χ2v) is 9.33. The van der Waals surface area contributed by atoms with Crippen LogP contribution in [0.2, 0.25) is 5.02 Å². The first-order valence-electron chi connectivity index (χ1n) is 8.96. The van der Waals surface area contributed by atoms with Crippen molar-refractivity contribution in [2.45, 2.75) is 18.2 Å². The van der Waals surface area contributed by atoms with Gasteiger partial charge in [-0.15, -0.1) is 0 Å². The fraction of sp³-hybridized carbons (Fsp3) is 0.350. The molecule has 2 aromatic carbocycles. The van der Waals surface area contributed by atoms with Crippen LogP contribution in [0.5, 0.6) is 5.75 Å². The number of amides is 1. The van der Waals surface area contributed by atoms with E-state index in [0.717, 1.165) is 6.42 Å². The largest absolute Gasteiger partial charge is 0.497 e. The van der Waals surface area contributed by atoms with Gasteiger partial charge in [0.15, 0.2) is 0 Å². The van der Waals surface area contributed by atoms with Crippen LogP contribution in [0.15, 0.2) is 47.4 Å². The predicted molar refractivity (Wildman–Crippen MR) is 110 cm³/mol. The van der Waals surface area contributed by atoms with E-state index in [9.17, 15) is 13.2 Å². The molecular formula is C20H23ClN2O4S. The molecule has 1 heterocycles. The fourth-order valence-electron chi connectivity index (χ4n) is 3.21. The van der Waals surface area contributed by atoms with E-state index < -0.39 is 10.0 Å². The maximum Gasteiger partial charge on any atom is 0.264 e. The van der Waals surface area contributed by atoms with Gasteiger partial charge in [-0.1, -0.05) is 18.5 Å². The minimum Gasteiger partial charge on any atom is -0.497 e. The van der Waals surface area contributed by atoms with Crippen molar-refractivity contribution in [2.75, 3.05) is 31.6 Å². The van der Waals surface area contributed by atoms with E-state index in [1.54, 1.807) is 36.3 Å². The summed E-state index contributed by atoms with van der Waals surface area (Å²) < 4.78 is 32.4. The first-order valence-corrected chi connectivity index (χ1v) is 10.8. The number of hydrogen-bond donors (Lipinski definition) is 0. The lowest BCUT2D eigenvalue weighted by Gasteiger charge is -2.21. The van der Waals surface area contributed by atoms with E-state index in [0.29, 0.717) is 30.4 Å². The van der Waals surface area contributed by atoms with Crippen LogP contribution >= 0.6 is 11.6 Å². The van der Waals surface area contributed by atoms with Crippen LogP contribution in [0.25, 0.3) is 0 Å². The number of halogens is 1. The van der Waals surface area contributed by atoms with E-state index in [1.807, 2.05) is 0 Å². The Morgan fingerprint density at radius 1 is 1.21 bits per heavy atom. The maximum atomic E-state index is 13.1. The summed E-state index contributed by atoms with van der Waals surface area (Å²) in [5.41, 5.74) is 0.692. The predicted octanol–water partition coefficient (Wildman–Crippen LogP) is 3.66. The van der Waals surface area contributed by atoms with Crippen molar-refractivity contribution in [1.82, 2.24) is 4.90 Å². The number of anilines is 1. The van der Waals surface area contributed by atoms with Crippen LogP contribution in [-0.2, 0) is 10.0 Å². The highest BCUT2D eigenvalue weighted by Gasteiger charge is 2.28. The van der Waals surface area contributed by atoms with Gasteiger partial charge in [0.1, 0.15) is 5.75 Å². The van der Waals surface area contributed by atoms with Crippen LogP contribution in [0.4, 0.5) is 5.69 Å². The van der Waals surface area contributed by atoms with Gasteiger partial charge in [-0.25, -0.2) is 8.42 Å². The molecule has 2 aromatic rings. The SMILES string of the molecule is COc1ccc(N(C)S(=O)(=O)c2ccc(Cl)c(C(=O)N3CCC(C)C3)c2)cc1. The summed E-state index contributed by atoms with van der Waals surface area (Å²) in [6.07, 6.45) is 0.932. The first kappa shape index (κ1) is 20.5. The average molecular weight is 423 g/mol. The van der Waals surface area contributed by atoms with Crippen molar-refractivity contribution < 1.29 is 17.9 Å². The molecule has 1 aliphatic heterocycles. The van der Waals surface area contributed by atoms with Gasteiger partial charge in [-0.3, -0.25) is 9.10 Å². The number of ether oxygens (including phenoxy) is 1. The summed E-state index contributed by atoms with van der Waals surface area (Å²) in [6, 6.07) is 10.9. The topological polar surface area (TPSA) is 66.9 Å². The van der Waals surface area contributed by atoms with Crippen LogP contribution < -0.4 is 9.04 Å². The second-order valence-electron chi connectivity index (χ2n) is 6.96. The zero-order valence-electron chi connectivity index (χ0n) is 16.1. The summed E-state index contributed by atoms with van der Waals surface area (Å²) in [5.74, 6) is 0.822. The fourth-order valence-corrected chi connectivity index (χ4v) is 4.63. The minimum absolute atomic E-state index is 0.0193. The van der Waals surface area contributed by atoms with Gasteiger partial charge < -0.3 is 9.64 Å². The monoisotopic (exact) mass is 422 g/mol. The van der Waals surface area contributed by atoms with Crippen LogP contribution in [0.1, 0.15) is 23.7 Å². The molecule has 150 valence electrons. The maximum absolute atomic E-state index is 13.1. The Balaban J connectivity index is 1.92. The number of carbonyl (C=O) groups is 1. The number of methoxy groups -OCH3 is 1. The van der Waals surface area contributed by atoms with Crippen molar-refractivity contribution in [3.63, 3.8) is 0 Å². The molecule has 6 nitrogen and oxygen atoms in total. The van der Waals surface area contributed by atoms with E-state index in [2.05, 4.69) is 6.92 Å². The molecule has 0 bridgehead atoms. The Bertz CT molecular complexity index is 976. The molecule has 1 atom stereocenters. The number of nitrogens with zero attached hydrogens (tertiary/aromatic N) is 2.